The van der Waals surface area contributed by atoms with Crippen LogP contribution in [0.25, 0.3) is 41.4 Å². The van der Waals surface area contributed by atoms with Gasteiger partial charge in [-0.05, 0) is 99.9 Å². The molecule has 2 radical (unpaired) electrons. The fraction of sp³-hybridized carbons (Fsp3) is 0.762. The van der Waals surface area contributed by atoms with E-state index in [9.17, 15) is 0 Å². The minimum atomic E-state index is -1.11. The summed E-state index contributed by atoms with van der Waals surface area (Å²) in [6.07, 6.45) is 17.3. The maximum atomic E-state index is 5.33. The summed E-state index contributed by atoms with van der Waals surface area (Å²) in [5.41, 5.74) is 3.66. The predicted molar refractivity (Wildman–Crippen MR) is 505 cm³/mol. The number of nitrogens with zero attached hydrogens (tertiary/aromatic N) is 8. The Morgan fingerprint density at radius 2 is 0.275 bits per heavy atom. The molecule has 10 heterocycles. The van der Waals surface area contributed by atoms with E-state index in [0.717, 1.165) is 75.6 Å². The molecule has 0 spiro atoms. The van der Waals surface area contributed by atoms with Gasteiger partial charge in [0, 0.05) is 111 Å². The van der Waals surface area contributed by atoms with Gasteiger partial charge in [-0.25, -0.2) is 0 Å². The molecule has 0 aromatic carbocycles. The second-order valence-corrected chi connectivity index (χ2v) is 73.6. The summed E-state index contributed by atoms with van der Waals surface area (Å²) in [5, 5.41) is 0. The van der Waals surface area contributed by atoms with E-state index in [1.54, 1.807) is 24.8 Å². The topological polar surface area (TPSA) is 256 Å². The molecule has 6 saturated heterocycles. The number of rotatable bonds is 10. The number of aromatic nitrogens is 4. The van der Waals surface area contributed by atoms with E-state index in [1.807, 2.05) is 72.8 Å². The first-order valence-corrected chi connectivity index (χ1v) is 70.2. The molecule has 4 aromatic heterocycles. The average Bonchev–Trinajstić information content (AvgIpc) is 1.45. The van der Waals surface area contributed by atoms with E-state index in [1.165, 1.54) is 51.4 Å². The first-order valence-electron chi connectivity index (χ1n) is 42.6. The summed E-state index contributed by atoms with van der Waals surface area (Å²) in [6, 6.07) is 23.2. The minimum absolute atomic E-state index is 0. The van der Waals surface area contributed by atoms with Crippen LogP contribution < -0.4 is 103 Å². The molecule has 6 aliphatic heterocycles. The molecule has 6 fully saturated rings. The zero-order chi connectivity index (χ0) is 86.9. The molecule has 6 aliphatic rings. The number of pyridine rings is 4. The van der Waals surface area contributed by atoms with Crippen LogP contribution >= 0.6 is 0 Å². The Morgan fingerprint density at radius 3 is 0.333 bits per heavy atom. The molecule has 0 unspecified atom stereocenters. The first-order chi connectivity index (χ1) is 54.8. The van der Waals surface area contributed by atoms with Crippen LogP contribution in [0.3, 0.4) is 0 Å². The zero-order valence-electron chi connectivity index (χ0n) is 80.3. The molecule has 36 heteroatoms. The van der Waals surface area contributed by atoms with Crippen LogP contribution in [0.15, 0.2) is 97.6 Å². The van der Waals surface area contributed by atoms with Crippen molar-refractivity contribution < 1.29 is 212 Å². The summed E-state index contributed by atoms with van der Waals surface area (Å²) >= 11 is 0. The van der Waals surface area contributed by atoms with Gasteiger partial charge < -0.3 is 94.4 Å². The van der Waals surface area contributed by atoms with Gasteiger partial charge in [-0.1, -0.05) is 247 Å². The molecular weight excluding hydrogens is 1800 g/mol. The van der Waals surface area contributed by atoms with E-state index >= 15 is 0 Å². The van der Waals surface area contributed by atoms with Crippen molar-refractivity contribution in [3.63, 3.8) is 0 Å². The largest absolute Gasteiger partial charge is 1.00 e. The third-order valence-electron chi connectivity index (χ3n) is 13.6. The SMILES string of the molecule is C1CCOC1.C1CCOC1.C1CCOC1.C1CCOC1.C1COCCOCCOCCOCCOCCO1.C1COCCOCCOCCOCCOCCO1.C[Si](C)(C)[N-][Si](C)(C)C.C[Si](C)(C)[N-][Si](C)(C)C.C[Si](C)(C)[N-][Si](C)(C)C.C[Si](C)(C)[N-][Si](C)(C)C.[Co].[Co].[K+].[K+].c1ccc(-c2ccccn2)nc1.c1ccc(-c2ccccn2)nc1. The van der Waals surface area contributed by atoms with Crippen molar-refractivity contribution in [3.05, 3.63) is 116 Å². The Hall–Kier alpha value is 1.82. The standard InChI is InChI=1S/2C12H24O6.2C10H8N2.4C6H18NSi2.4C4H8O.2Co.2K/c2*1-2-14-5-6-16-9-10-18-12-11-17-8-7-15-4-3-13-1;2*1-3-7-11-9(5-1)10-6-2-4-8-12-10;4*1-8(2,3)7-9(4,5)6;4*1-2-4-5-3-1;;;;/h2*1-12H2;2*1-8H;4*1-6H3;4*1-4H2;;;;/q;;;;4*-1;;;;;;;2*+1. The summed E-state index contributed by atoms with van der Waals surface area (Å²) in [5.74, 6) is 0. The Labute approximate surface area is 846 Å². The molecule has 0 bridgehead atoms. The fourth-order valence-corrected chi connectivity index (χ4v) is 43.0. The van der Waals surface area contributed by atoms with Crippen LogP contribution in [0.2, 0.25) is 157 Å². The molecule has 0 saturated carbocycles. The van der Waals surface area contributed by atoms with E-state index in [-0.39, 0.29) is 136 Å². The zero-order valence-corrected chi connectivity index (χ0v) is 96.6. The molecule has 4 aromatic rings. The minimum Gasteiger partial charge on any atom is -0.668 e. The molecule has 0 aliphatic carbocycles. The monoisotopic (exact) mass is 1960 g/mol. The van der Waals surface area contributed by atoms with Gasteiger partial charge in [-0.2, -0.15) is 0 Å². The maximum absolute atomic E-state index is 5.33. The average molecular weight is 1970 g/mol. The van der Waals surface area contributed by atoms with Gasteiger partial charge in [0.15, 0.2) is 0 Å². The first kappa shape index (κ1) is 133. The van der Waals surface area contributed by atoms with Gasteiger partial charge in [-0.15, -0.1) is 0 Å². The van der Waals surface area contributed by atoms with Crippen LogP contribution in [0, 0.1) is 0 Å². The van der Waals surface area contributed by atoms with Gasteiger partial charge in [-0.3, -0.25) is 19.9 Å². The van der Waals surface area contributed by atoms with Gasteiger partial charge in [0.1, 0.15) is 0 Å². The van der Waals surface area contributed by atoms with Crippen molar-refractivity contribution in [1.29, 1.82) is 0 Å². The molecular formula is C84H168Co2K2N8O16Si8-2. The maximum Gasteiger partial charge on any atom is 1.00 e. The second kappa shape index (κ2) is 86.2. The Kier molecular flexibility index (Phi) is 95.3. The molecule has 0 N–H and O–H groups in total. The number of hydrogen-bond donors (Lipinski definition) is 0. The van der Waals surface area contributed by atoms with Gasteiger partial charge in [0.2, 0.25) is 0 Å². The quantitative estimate of drug-likeness (QED) is 0.134. The van der Waals surface area contributed by atoms with Crippen molar-refractivity contribution in [2.45, 2.75) is 208 Å². The summed E-state index contributed by atoms with van der Waals surface area (Å²) in [7, 11) is -8.85. The van der Waals surface area contributed by atoms with Gasteiger partial charge in [0.05, 0.1) is 181 Å². The normalized spacial score (nSPS) is 17.3. The summed E-state index contributed by atoms with van der Waals surface area (Å²) < 4.78 is 103. The van der Waals surface area contributed by atoms with Crippen LogP contribution in [0.5, 0.6) is 0 Å². The Balaban J connectivity index is -0.000000301. The molecule has 10 rings (SSSR count). The van der Waals surface area contributed by atoms with E-state index in [0.29, 0.717) is 159 Å². The van der Waals surface area contributed by atoms with Crippen LogP contribution in [0.4, 0.5) is 0 Å². The van der Waals surface area contributed by atoms with Crippen LogP contribution in [-0.4, -0.2) is 297 Å². The molecule has 24 nitrogen and oxygen atoms in total. The Bertz CT molecular complexity index is 2160. The third kappa shape index (κ3) is 114. The van der Waals surface area contributed by atoms with Crippen molar-refractivity contribution >= 4 is 65.9 Å². The molecule has 0 amide bonds. The smallest absolute Gasteiger partial charge is 0.668 e. The van der Waals surface area contributed by atoms with E-state index < -0.39 is 65.9 Å². The summed E-state index contributed by atoms with van der Waals surface area (Å²) in [4.78, 5) is 16.7. The van der Waals surface area contributed by atoms with E-state index in [4.69, 9.17) is 94.4 Å². The number of ether oxygens (including phenoxy) is 16. The number of hydrogen-bond acceptors (Lipinski definition) is 20. The van der Waals surface area contributed by atoms with Crippen molar-refractivity contribution in [2.24, 2.45) is 0 Å². The summed E-state index contributed by atoms with van der Waals surface area (Å²) in [6.45, 7) is 77.2. The van der Waals surface area contributed by atoms with Crippen molar-refractivity contribution in [1.82, 2.24) is 19.9 Å². The van der Waals surface area contributed by atoms with Gasteiger partial charge >= 0.3 is 103 Å². The van der Waals surface area contributed by atoms with E-state index in [2.05, 4.69) is 177 Å². The van der Waals surface area contributed by atoms with Crippen LogP contribution in [0.1, 0.15) is 51.4 Å². The molecule has 120 heavy (non-hydrogen) atoms. The third-order valence-corrected chi connectivity index (χ3v) is 35.1. The fourth-order valence-electron chi connectivity index (χ4n) is 10.8. The van der Waals surface area contributed by atoms with Crippen molar-refractivity contribution in [2.75, 3.05) is 211 Å². The second-order valence-electron chi connectivity index (χ2n) is 35.3. The van der Waals surface area contributed by atoms with Crippen LogP contribution in [-0.2, 0) is 109 Å². The Morgan fingerprint density at radius 1 is 0.175 bits per heavy atom. The molecule has 0 atom stereocenters. The predicted octanol–water partition coefficient (Wildman–Crippen LogP) is 13.8. The van der Waals surface area contributed by atoms with Gasteiger partial charge in [0.25, 0.3) is 0 Å². The molecule has 694 valence electrons. The van der Waals surface area contributed by atoms with Crippen molar-refractivity contribution in [3.8, 4) is 22.8 Å².